The van der Waals surface area contributed by atoms with Gasteiger partial charge in [0.2, 0.25) is 0 Å². The van der Waals surface area contributed by atoms with E-state index < -0.39 is 0 Å². The molecule has 3 nitrogen and oxygen atoms in total. The fraction of sp³-hybridized carbons (Fsp3) is 0.545. The molecule has 0 spiro atoms. The van der Waals surface area contributed by atoms with E-state index in [1.807, 2.05) is 23.7 Å². The minimum atomic E-state index is 0.108. The Kier molecular flexibility index (Phi) is 14.3. The van der Waals surface area contributed by atoms with Crippen molar-refractivity contribution < 1.29 is 0 Å². The van der Waals surface area contributed by atoms with Crippen molar-refractivity contribution in [3.63, 3.8) is 0 Å². The van der Waals surface area contributed by atoms with Gasteiger partial charge in [-0.15, -0.1) is 11.3 Å². The molecule has 1 aromatic carbocycles. The quantitative estimate of drug-likeness (QED) is 0.115. The van der Waals surface area contributed by atoms with E-state index in [4.69, 9.17) is 9.97 Å². The van der Waals surface area contributed by atoms with Gasteiger partial charge in [0.1, 0.15) is 0 Å². The highest BCUT2D eigenvalue weighted by Crippen LogP contribution is 2.39. The molecule has 1 aliphatic carbocycles. The summed E-state index contributed by atoms with van der Waals surface area (Å²) in [6.07, 6.45) is 22.2. The number of hydrogen-bond acceptors (Lipinski definition) is 4. The average molecular weight is 666 g/mol. The molecule has 0 aliphatic heterocycles. The van der Waals surface area contributed by atoms with Crippen LogP contribution >= 0.6 is 11.3 Å². The summed E-state index contributed by atoms with van der Waals surface area (Å²) in [7, 11) is 0. The Morgan fingerprint density at radius 3 is 2.23 bits per heavy atom. The summed E-state index contributed by atoms with van der Waals surface area (Å²) in [6, 6.07) is 13.2. The van der Waals surface area contributed by atoms with Crippen LogP contribution in [0.3, 0.4) is 0 Å². The Balaban J connectivity index is 1.30. The van der Waals surface area contributed by atoms with Crippen molar-refractivity contribution in [3.05, 3.63) is 94.5 Å². The van der Waals surface area contributed by atoms with Gasteiger partial charge in [0, 0.05) is 39.0 Å². The molecule has 4 heteroatoms. The molecule has 1 fully saturated rings. The van der Waals surface area contributed by atoms with Crippen LogP contribution in [0.1, 0.15) is 140 Å². The van der Waals surface area contributed by atoms with Gasteiger partial charge in [0.25, 0.3) is 0 Å². The first-order valence-electron chi connectivity index (χ1n) is 18.8. The number of nitrogens with one attached hydrogen (secondary N) is 1. The maximum Gasteiger partial charge on any atom is 0.159 e. The molecular formula is C44H63N3S. The van der Waals surface area contributed by atoms with Gasteiger partial charge in [-0.3, -0.25) is 0 Å². The van der Waals surface area contributed by atoms with Crippen LogP contribution in [0, 0.1) is 17.8 Å². The van der Waals surface area contributed by atoms with Crippen LogP contribution in [0.2, 0.25) is 0 Å². The third-order valence-electron chi connectivity index (χ3n) is 10.7. The first kappa shape index (κ1) is 37.8. The molecule has 48 heavy (non-hydrogen) atoms. The Hall–Kier alpha value is -2.98. The molecular weight excluding hydrogens is 603 g/mol. The highest BCUT2D eigenvalue weighted by Gasteiger charge is 2.26. The van der Waals surface area contributed by atoms with Gasteiger partial charge in [-0.05, 0) is 92.4 Å². The van der Waals surface area contributed by atoms with Gasteiger partial charge in [0.05, 0.1) is 6.04 Å². The van der Waals surface area contributed by atoms with Crippen molar-refractivity contribution in [1.82, 2.24) is 15.3 Å². The van der Waals surface area contributed by atoms with Gasteiger partial charge >= 0.3 is 0 Å². The number of hydrogen-bond donors (Lipinski definition) is 1. The predicted molar refractivity (Wildman–Crippen MR) is 211 cm³/mol. The van der Waals surface area contributed by atoms with Crippen molar-refractivity contribution in [1.29, 1.82) is 0 Å². The fourth-order valence-corrected chi connectivity index (χ4v) is 8.40. The number of unbranched alkanes of at least 4 members (excludes halogenated alkanes) is 2. The summed E-state index contributed by atoms with van der Waals surface area (Å²) >= 11 is 1.82. The lowest BCUT2D eigenvalue weighted by molar-refractivity contribution is 0.185. The Bertz CT molecular complexity index is 1460. The standard InChI is InChI=1S/C44H63N3S/c1-10-13-14-15-33-16-20-37(21-17-33)35(11-2)24-25-36(12-3)39-29-45-43(46-30-39)38-22-18-34(19-23-38)28-40(31(4)5)47-32(6)41-26-27-42(48-41)44(7,8)9/h12,18-19,22-23,26-27,29-30,33,35,37,40,47H,4,6,10-11,13-17,20-21,24-25,28H2,1-3,5,7-9H3/b36-12+/t33?,35?,37?,40-/m0/s1. The molecule has 4 rings (SSSR count). The van der Waals surface area contributed by atoms with E-state index in [1.165, 1.54) is 85.1 Å². The van der Waals surface area contributed by atoms with Crippen LogP contribution in [0.15, 0.2) is 73.6 Å². The Labute approximate surface area is 297 Å². The van der Waals surface area contributed by atoms with E-state index in [2.05, 4.69) is 109 Å². The van der Waals surface area contributed by atoms with Crippen molar-refractivity contribution in [2.24, 2.45) is 17.8 Å². The first-order chi connectivity index (χ1) is 23.0. The smallest absolute Gasteiger partial charge is 0.159 e. The van der Waals surface area contributed by atoms with Gasteiger partial charge in [-0.25, -0.2) is 9.97 Å². The summed E-state index contributed by atoms with van der Waals surface area (Å²) in [6.45, 7) is 24.4. The van der Waals surface area contributed by atoms with Crippen molar-refractivity contribution in [2.45, 2.75) is 137 Å². The lowest BCUT2D eigenvalue weighted by atomic mass is 9.72. The van der Waals surface area contributed by atoms with Crippen molar-refractivity contribution >= 4 is 22.6 Å². The summed E-state index contributed by atoms with van der Waals surface area (Å²) in [4.78, 5) is 12.2. The lowest BCUT2D eigenvalue weighted by Crippen LogP contribution is -2.30. The average Bonchev–Trinajstić information content (AvgIpc) is 3.60. The molecule has 1 saturated carbocycles. The van der Waals surface area contributed by atoms with Crippen LogP contribution in [0.4, 0.5) is 0 Å². The van der Waals surface area contributed by atoms with Gasteiger partial charge < -0.3 is 5.32 Å². The van der Waals surface area contributed by atoms with Crippen molar-refractivity contribution in [2.75, 3.05) is 0 Å². The van der Waals surface area contributed by atoms with E-state index in [0.29, 0.717) is 0 Å². The Morgan fingerprint density at radius 1 is 0.979 bits per heavy atom. The van der Waals surface area contributed by atoms with Gasteiger partial charge in [0.15, 0.2) is 5.82 Å². The minimum Gasteiger partial charge on any atom is -0.378 e. The molecule has 1 unspecified atom stereocenters. The summed E-state index contributed by atoms with van der Waals surface area (Å²) in [5, 5.41) is 3.65. The molecule has 0 amide bonds. The van der Waals surface area contributed by atoms with Crippen LogP contribution < -0.4 is 5.32 Å². The fourth-order valence-electron chi connectivity index (χ4n) is 7.40. The van der Waals surface area contributed by atoms with Crippen LogP contribution in [0.25, 0.3) is 22.7 Å². The van der Waals surface area contributed by atoms with E-state index in [-0.39, 0.29) is 11.5 Å². The molecule has 0 bridgehead atoms. The van der Waals surface area contributed by atoms with Crippen LogP contribution in [0.5, 0.6) is 0 Å². The monoisotopic (exact) mass is 665 g/mol. The van der Waals surface area contributed by atoms with E-state index in [1.54, 1.807) is 0 Å². The largest absolute Gasteiger partial charge is 0.378 e. The first-order valence-corrected chi connectivity index (χ1v) is 19.6. The third kappa shape index (κ3) is 10.8. The highest BCUT2D eigenvalue weighted by molar-refractivity contribution is 7.13. The SMILES string of the molecule is C=C(N[C@@H](Cc1ccc(-c2ncc(/C(=C/C)CCC(CC)C3CCC(CCCCC)CC3)cn2)cc1)C(=C)C)c1ccc(C(C)(C)C)s1. The predicted octanol–water partition coefficient (Wildman–Crippen LogP) is 12.8. The van der Waals surface area contributed by atoms with E-state index in [0.717, 1.165) is 58.8 Å². The number of rotatable bonds is 17. The molecule has 1 aliphatic rings. The van der Waals surface area contributed by atoms with Crippen molar-refractivity contribution in [3.8, 4) is 11.4 Å². The zero-order chi connectivity index (χ0) is 34.7. The zero-order valence-corrected chi connectivity index (χ0v) is 32.0. The molecule has 0 saturated heterocycles. The van der Waals surface area contributed by atoms with Crippen LogP contribution in [-0.4, -0.2) is 16.0 Å². The Morgan fingerprint density at radius 2 is 1.67 bits per heavy atom. The summed E-state index contributed by atoms with van der Waals surface area (Å²) in [5.41, 5.74) is 7.02. The number of thiophene rings is 1. The zero-order valence-electron chi connectivity index (χ0n) is 31.2. The molecule has 0 radical (unpaired) electrons. The summed E-state index contributed by atoms with van der Waals surface area (Å²) in [5.74, 6) is 3.49. The molecule has 2 heterocycles. The van der Waals surface area contributed by atoms with E-state index >= 15 is 0 Å². The van der Waals surface area contributed by atoms with Crippen LogP contribution in [-0.2, 0) is 11.8 Å². The maximum absolute atomic E-state index is 4.82. The van der Waals surface area contributed by atoms with E-state index in [9.17, 15) is 0 Å². The second-order valence-corrected chi connectivity index (χ2v) is 16.5. The highest BCUT2D eigenvalue weighted by atomic mass is 32.1. The number of benzene rings is 1. The second-order valence-electron chi connectivity index (χ2n) is 15.4. The molecule has 2 atom stereocenters. The lowest BCUT2D eigenvalue weighted by Gasteiger charge is -2.34. The number of aromatic nitrogens is 2. The number of nitrogens with zero attached hydrogens (tertiary/aromatic N) is 2. The molecule has 260 valence electrons. The number of allylic oxidation sites excluding steroid dienone is 2. The van der Waals surface area contributed by atoms with Gasteiger partial charge in [-0.1, -0.05) is 129 Å². The van der Waals surface area contributed by atoms with Gasteiger partial charge in [-0.2, -0.15) is 0 Å². The summed E-state index contributed by atoms with van der Waals surface area (Å²) < 4.78 is 0. The maximum atomic E-state index is 4.82. The molecule has 1 N–H and O–H groups in total. The molecule has 2 aromatic heterocycles. The third-order valence-corrected chi connectivity index (χ3v) is 12.3. The topological polar surface area (TPSA) is 37.8 Å². The normalized spacial score (nSPS) is 18.4. The second kappa shape index (κ2) is 18.1. The molecule has 3 aromatic rings. The minimum absolute atomic E-state index is 0.108.